The third kappa shape index (κ3) is 27.7. The third-order valence-electron chi connectivity index (χ3n) is 10.3. The summed E-state index contributed by atoms with van der Waals surface area (Å²) in [6.45, 7) is 8.78. The SMILES string of the molecule is CC(C)C[C@H](NC(=O)CNC(=O)[C@H](CCCNC(=N)N)NC(=O)[C@H](CCCCN)NC(=O)[C@H](CCCNC(=N)N)NC(=O)[C@@H](NC(=O)[C@@H](N)CC(C)C)[C@@H](C)O)C(=O)N[C@@H](CCCCN)C(=O)O. The molecule has 8 atom stereocenters. The number of carbonyl (C=O) groups is 8. The van der Waals surface area contributed by atoms with Gasteiger partial charge < -0.3 is 86.7 Å². The minimum absolute atomic E-state index is 0.0269. The van der Waals surface area contributed by atoms with Gasteiger partial charge in [-0.3, -0.25) is 44.4 Å². The van der Waals surface area contributed by atoms with Crippen LogP contribution in [0.1, 0.15) is 112 Å². The molecule has 7 amide bonds. The fourth-order valence-electron chi connectivity index (χ4n) is 6.71. The summed E-state index contributed by atoms with van der Waals surface area (Å²) in [5.74, 6) is -7.58. The van der Waals surface area contributed by atoms with Crippen LogP contribution in [-0.4, -0.2) is 151 Å². The van der Waals surface area contributed by atoms with Crippen LogP contribution in [-0.2, 0) is 38.4 Å². The Hall–Kier alpha value is -5.86. The molecule has 26 heteroatoms. The summed E-state index contributed by atoms with van der Waals surface area (Å²) in [6, 6.07) is -8.85. The van der Waals surface area contributed by atoms with Crippen molar-refractivity contribution in [2.24, 2.45) is 40.5 Å². The van der Waals surface area contributed by atoms with Crippen LogP contribution in [0.15, 0.2) is 0 Å². The number of hydrogen-bond donors (Lipinski definition) is 18. The molecular formula is C42H82N16O10. The number of nitrogens with one attached hydrogen (secondary N) is 11. The lowest BCUT2D eigenvalue weighted by Gasteiger charge is -2.28. The van der Waals surface area contributed by atoms with Crippen molar-refractivity contribution in [2.75, 3.05) is 32.7 Å². The summed E-state index contributed by atoms with van der Waals surface area (Å²) in [5, 5.41) is 58.0. The first-order chi connectivity index (χ1) is 31.9. The van der Waals surface area contributed by atoms with Crippen molar-refractivity contribution in [3.05, 3.63) is 0 Å². The van der Waals surface area contributed by atoms with E-state index in [1.54, 1.807) is 13.8 Å². The highest BCUT2D eigenvalue weighted by atomic mass is 16.4. The number of unbranched alkanes of at least 4 members (excludes halogenated alkanes) is 2. The van der Waals surface area contributed by atoms with Crippen LogP contribution in [0.25, 0.3) is 0 Å². The van der Waals surface area contributed by atoms with Crippen molar-refractivity contribution in [1.29, 1.82) is 10.8 Å². The van der Waals surface area contributed by atoms with Crippen LogP contribution in [0, 0.1) is 22.7 Å². The number of amides is 7. The zero-order valence-corrected chi connectivity index (χ0v) is 40.3. The fourth-order valence-corrected chi connectivity index (χ4v) is 6.71. The lowest BCUT2D eigenvalue weighted by Crippen LogP contribution is -2.60. The minimum atomic E-state index is -1.52. The van der Waals surface area contributed by atoms with Crippen molar-refractivity contribution in [2.45, 2.75) is 160 Å². The van der Waals surface area contributed by atoms with Crippen molar-refractivity contribution >= 4 is 59.2 Å². The number of rotatable bonds is 36. The number of carboxylic acid groups (broad SMARTS) is 1. The molecule has 390 valence electrons. The van der Waals surface area contributed by atoms with Gasteiger partial charge in [0.25, 0.3) is 0 Å². The number of carboxylic acids is 1. The van der Waals surface area contributed by atoms with Gasteiger partial charge in [0.1, 0.15) is 36.3 Å². The number of aliphatic hydroxyl groups excluding tert-OH is 1. The lowest BCUT2D eigenvalue weighted by molar-refractivity contribution is -0.142. The number of hydrogen-bond acceptors (Lipinski definition) is 14. The van der Waals surface area contributed by atoms with Gasteiger partial charge in [0.2, 0.25) is 41.4 Å². The summed E-state index contributed by atoms with van der Waals surface area (Å²) in [4.78, 5) is 106. The van der Waals surface area contributed by atoms with Crippen molar-refractivity contribution in [3.8, 4) is 0 Å². The average Bonchev–Trinajstić information content (AvgIpc) is 3.24. The Labute approximate surface area is 399 Å². The number of guanidine groups is 2. The highest BCUT2D eigenvalue weighted by molar-refractivity contribution is 5.97. The molecule has 0 spiro atoms. The maximum absolute atomic E-state index is 14.0. The molecule has 0 bridgehead atoms. The van der Waals surface area contributed by atoms with E-state index in [0.717, 1.165) is 0 Å². The molecule has 0 saturated carbocycles. The Bertz CT molecular complexity index is 1640. The van der Waals surface area contributed by atoms with E-state index in [1.165, 1.54) is 6.92 Å². The number of aliphatic carboxylic acids is 1. The Kier molecular flexibility index (Phi) is 31.5. The van der Waals surface area contributed by atoms with E-state index in [4.69, 9.17) is 39.5 Å². The van der Waals surface area contributed by atoms with E-state index < -0.39 is 102 Å². The second kappa shape index (κ2) is 34.4. The van der Waals surface area contributed by atoms with Crippen LogP contribution in [0.3, 0.4) is 0 Å². The molecule has 0 aliphatic rings. The van der Waals surface area contributed by atoms with Crippen LogP contribution in [0.5, 0.6) is 0 Å². The van der Waals surface area contributed by atoms with Crippen LogP contribution in [0.2, 0.25) is 0 Å². The molecule has 26 nitrogen and oxygen atoms in total. The van der Waals surface area contributed by atoms with Gasteiger partial charge in [-0.25, -0.2) is 4.79 Å². The molecule has 0 fully saturated rings. The molecule has 23 N–H and O–H groups in total. The van der Waals surface area contributed by atoms with Gasteiger partial charge in [0, 0.05) is 13.1 Å². The van der Waals surface area contributed by atoms with Crippen molar-refractivity contribution < 1.29 is 48.6 Å². The Balaban J connectivity index is 6.45. The highest BCUT2D eigenvalue weighted by Crippen LogP contribution is 2.10. The first-order valence-corrected chi connectivity index (χ1v) is 23.2. The fraction of sp³-hybridized carbons (Fsp3) is 0.762. The standard InChI is InChI=1S/C42H82N16O10/c1-23(2)20-26(45)34(61)58-33(25(5)59)39(66)56-29(15-11-19-51-42(48)49)37(64)55-28(12-6-8-16-43)36(63)54-27(14-10-18-50-41(46)47)35(62)52-22-32(60)53-31(21-24(3)4)38(65)57-30(40(67)68)13-7-9-17-44/h23-31,33,59H,6-22,43-45H2,1-5H3,(H,52,62)(H,53,60)(H,54,63)(H,55,64)(H,56,66)(H,57,65)(H,58,61)(H,67,68)(H4,46,47,50)(H4,48,49,51)/t25-,26+,27+,28+,29+,30+,31+,33+/m1/s1. The van der Waals surface area contributed by atoms with Gasteiger partial charge in [-0.2, -0.15) is 0 Å². The zero-order valence-electron chi connectivity index (χ0n) is 40.3. The molecule has 0 rings (SSSR count). The second-order valence-electron chi connectivity index (χ2n) is 17.5. The molecule has 0 aliphatic carbocycles. The van der Waals surface area contributed by atoms with E-state index in [9.17, 15) is 48.6 Å². The van der Waals surface area contributed by atoms with Gasteiger partial charge in [-0.05, 0) is 109 Å². The summed E-state index contributed by atoms with van der Waals surface area (Å²) < 4.78 is 0. The summed E-state index contributed by atoms with van der Waals surface area (Å²) in [5.41, 5.74) is 28.0. The first kappa shape index (κ1) is 62.1. The Morgan fingerprint density at radius 3 is 1.34 bits per heavy atom. The van der Waals surface area contributed by atoms with Gasteiger partial charge in [0.15, 0.2) is 11.9 Å². The Morgan fingerprint density at radius 2 is 0.912 bits per heavy atom. The normalized spacial score (nSPS) is 14.6. The maximum atomic E-state index is 14.0. The van der Waals surface area contributed by atoms with Gasteiger partial charge in [-0.15, -0.1) is 0 Å². The second-order valence-corrected chi connectivity index (χ2v) is 17.5. The van der Waals surface area contributed by atoms with E-state index in [0.29, 0.717) is 38.6 Å². The number of aliphatic hydroxyl groups is 1. The van der Waals surface area contributed by atoms with Crippen LogP contribution < -0.4 is 76.5 Å². The summed E-state index contributed by atoms with van der Waals surface area (Å²) in [7, 11) is 0. The largest absolute Gasteiger partial charge is 0.480 e. The molecule has 68 heavy (non-hydrogen) atoms. The quantitative estimate of drug-likeness (QED) is 0.0160. The molecule has 0 unspecified atom stereocenters. The summed E-state index contributed by atoms with van der Waals surface area (Å²) in [6.07, 6.45) is 1.22. The molecule has 0 aromatic heterocycles. The molecular weight excluding hydrogens is 889 g/mol. The number of carbonyl (C=O) groups excluding carboxylic acids is 7. The maximum Gasteiger partial charge on any atom is 0.326 e. The highest BCUT2D eigenvalue weighted by Gasteiger charge is 2.34. The number of nitrogens with two attached hydrogens (primary N) is 5. The minimum Gasteiger partial charge on any atom is -0.480 e. The van der Waals surface area contributed by atoms with E-state index in [1.807, 2.05) is 13.8 Å². The monoisotopic (exact) mass is 971 g/mol. The van der Waals surface area contributed by atoms with Crippen molar-refractivity contribution in [1.82, 2.24) is 47.9 Å². The average molecular weight is 971 g/mol. The van der Waals surface area contributed by atoms with E-state index in [-0.39, 0.29) is 88.3 Å². The molecule has 0 aromatic carbocycles. The summed E-state index contributed by atoms with van der Waals surface area (Å²) >= 11 is 0. The molecule has 0 aromatic rings. The predicted octanol–water partition coefficient (Wildman–Crippen LogP) is -4.32. The van der Waals surface area contributed by atoms with Gasteiger partial charge >= 0.3 is 5.97 Å². The molecule has 0 aliphatic heterocycles. The third-order valence-corrected chi connectivity index (χ3v) is 10.3. The molecule has 0 saturated heterocycles. The molecule has 0 radical (unpaired) electrons. The topological polar surface area (TPSA) is 463 Å². The van der Waals surface area contributed by atoms with E-state index >= 15 is 0 Å². The lowest BCUT2D eigenvalue weighted by atomic mass is 10.0. The predicted molar refractivity (Wildman–Crippen MR) is 255 cm³/mol. The Morgan fingerprint density at radius 1 is 0.500 bits per heavy atom. The van der Waals surface area contributed by atoms with Crippen molar-refractivity contribution in [3.63, 3.8) is 0 Å². The van der Waals surface area contributed by atoms with E-state index in [2.05, 4.69) is 47.9 Å². The first-order valence-electron chi connectivity index (χ1n) is 23.2. The molecule has 0 heterocycles. The smallest absolute Gasteiger partial charge is 0.326 e. The van der Waals surface area contributed by atoms with Gasteiger partial charge in [0.05, 0.1) is 18.7 Å². The zero-order chi connectivity index (χ0) is 51.9. The van der Waals surface area contributed by atoms with Gasteiger partial charge in [-0.1, -0.05) is 27.7 Å². The van der Waals surface area contributed by atoms with Crippen LogP contribution in [0.4, 0.5) is 0 Å². The van der Waals surface area contributed by atoms with Crippen LogP contribution >= 0.6 is 0 Å².